The molecular weight excluding hydrogens is 452 g/mol. The molecule has 0 aliphatic heterocycles. The number of aliphatic carboxylic acids is 2. The average molecular weight is 489 g/mol. The van der Waals surface area contributed by atoms with Gasteiger partial charge in [-0.05, 0) is 38.1 Å². The molecule has 0 aliphatic rings. The van der Waals surface area contributed by atoms with E-state index >= 15 is 0 Å². The summed E-state index contributed by atoms with van der Waals surface area (Å²) in [7, 11) is 0. The first-order chi connectivity index (χ1) is 15.8. The van der Waals surface area contributed by atoms with E-state index in [0.29, 0.717) is 19.4 Å². The molecule has 4 atom stereocenters. The van der Waals surface area contributed by atoms with Crippen molar-refractivity contribution in [3.63, 3.8) is 0 Å². The summed E-state index contributed by atoms with van der Waals surface area (Å²) in [4.78, 5) is 71.6. The summed E-state index contributed by atoms with van der Waals surface area (Å²) in [5.74, 6) is -6.41. The molecule has 14 heteroatoms. The maximum Gasteiger partial charge on any atom is 0.326 e. The predicted octanol–water partition coefficient (Wildman–Crippen LogP) is -2.62. The van der Waals surface area contributed by atoms with Crippen LogP contribution in [-0.2, 0) is 28.8 Å². The van der Waals surface area contributed by atoms with Gasteiger partial charge in [-0.2, -0.15) is 0 Å². The fourth-order valence-corrected chi connectivity index (χ4v) is 2.81. The van der Waals surface area contributed by atoms with E-state index in [4.69, 9.17) is 22.3 Å². The number of carboxylic acid groups (broad SMARTS) is 2. The smallest absolute Gasteiger partial charge is 0.326 e. The largest absolute Gasteiger partial charge is 0.481 e. The van der Waals surface area contributed by atoms with Gasteiger partial charge in [-0.1, -0.05) is 13.8 Å². The summed E-state index contributed by atoms with van der Waals surface area (Å²) in [5.41, 5.74) is 16.3. The maximum absolute atomic E-state index is 12.8. The first-order valence-electron chi connectivity index (χ1n) is 10.9. The van der Waals surface area contributed by atoms with Crippen molar-refractivity contribution in [1.29, 1.82) is 0 Å². The molecule has 14 nitrogen and oxygen atoms in total. The molecule has 0 saturated heterocycles. The molecule has 0 rings (SSSR count). The summed E-state index contributed by atoms with van der Waals surface area (Å²) in [5, 5.41) is 25.2. The van der Waals surface area contributed by atoms with Crippen LogP contribution in [0, 0.1) is 5.92 Å². The van der Waals surface area contributed by atoms with Crippen molar-refractivity contribution in [3.05, 3.63) is 0 Å². The van der Waals surface area contributed by atoms with E-state index in [9.17, 15) is 33.9 Å². The third-order valence-electron chi connectivity index (χ3n) is 4.90. The highest BCUT2D eigenvalue weighted by Gasteiger charge is 2.31. The van der Waals surface area contributed by atoms with Crippen molar-refractivity contribution in [1.82, 2.24) is 16.0 Å². The van der Waals surface area contributed by atoms with Gasteiger partial charge in [0.25, 0.3) is 0 Å². The highest BCUT2D eigenvalue weighted by Crippen LogP contribution is 2.06. The van der Waals surface area contributed by atoms with Crippen LogP contribution in [0.2, 0.25) is 0 Å². The Balaban J connectivity index is 5.55. The lowest BCUT2D eigenvalue weighted by molar-refractivity contribution is -0.143. The highest BCUT2D eigenvalue weighted by atomic mass is 16.4. The number of nitrogens with two attached hydrogens (primary N) is 3. The zero-order valence-electron chi connectivity index (χ0n) is 19.4. The van der Waals surface area contributed by atoms with Gasteiger partial charge >= 0.3 is 11.9 Å². The second-order valence-corrected chi connectivity index (χ2v) is 8.18. The minimum atomic E-state index is -1.48. The Morgan fingerprint density at radius 3 is 1.79 bits per heavy atom. The van der Waals surface area contributed by atoms with Crippen LogP contribution in [-0.4, -0.2) is 76.5 Å². The van der Waals surface area contributed by atoms with Crippen LogP contribution in [0.15, 0.2) is 0 Å². The fraction of sp³-hybridized carbons (Fsp3) is 0.700. The molecule has 0 saturated carbocycles. The molecule has 4 amide bonds. The van der Waals surface area contributed by atoms with E-state index in [-0.39, 0.29) is 18.8 Å². The van der Waals surface area contributed by atoms with Gasteiger partial charge in [0.1, 0.15) is 18.1 Å². The number of nitrogens with one attached hydrogen (secondary N) is 3. The van der Waals surface area contributed by atoms with Crippen LogP contribution in [0.3, 0.4) is 0 Å². The maximum atomic E-state index is 12.8. The van der Waals surface area contributed by atoms with Crippen LogP contribution < -0.4 is 33.2 Å². The fourth-order valence-electron chi connectivity index (χ4n) is 2.81. The third kappa shape index (κ3) is 12.1. The first kappa shape index (κ1) is 30.7. The number of carboxylic acids is 2. The van der Waals surface area contributed by atoms with Gasteiger partial charge in [0.2, 0.25) is 23.6 Å². The minimum absolute atomic E-state index is 0.0747. The predicted molar refractivity (Wildman–Crippen MR) is 120 cm³/mol. The molecule has 0 bridgehead atoms. The van der Waals surface area contributed by atoms with Gasteiger partial charge in [0.15, 0.2) is 0 Å². The minimum Gasteiger partial charge on any atom is -0.481 e. The number of amides is 4. The molecule has 4 unspecified atom stereocenters. The number of primary amides is 1. The number of hydrogen-bond acceptors (Lipinski definition) is 8. The Morgan fingerprint density at radius 1 is 0.794 bits per heavy atom. The van der Waals surface area contributed by atoms with Crippen molar-refractivity contribution in [2.75, 3.05) is 6.54 Å². The molecule has 0 radical (unpaired) electrons. The first-order valence-corrected chi connectivity index (χ1v) is 10.9. The molecular formula is C20H36N6O8. The molecule has 194 valence electrons. The van der Waals surface area contributed by atoms with Gasteiger partial charge in [-0.15, -0.1) is 0 Å². The summed E-state index contributed by atoms with van der Waals surface area (Å²) in [6.07, 6.45) is -0.467. The lowest BCUT2D eigenvalue weighted by atomic mass is 10.0. The lowest BCUT2D eigenvalue weighted by Gasteiger charge is -2.25. The van der Waals surface area contributed by atoms with Gasteiger partial charge in [-0.25, -0.2) is 4.79 Å². The molecule has 0 aliphatic carbocycles. The summed E-state index contributed by atoms with van der Waals surface area (Å²) in [6, 6.07) is -5.20. The monoisotopic (exact) mass is 488 g/mol. The van der Waals surface area contributed by atoms with Crippen LogP contribution in [0.25, 0.3) is 0 Å². The zero-order valence-corrected chi connectivity index (χ0v) is 19.4. The van der Waals surface area contributed by atoms with Crippen LogP contribution in [0.5, 0.6) is 0 Å². The summed E-state index contributed by atoms with van der Waals surface area (Å²) >= 11 is 0. The van der Waals surface area contributed by atoms with E-state index in [2.05, 4.69) is 16.0 Å². The molecule has 0 aromatic heterocycles. The molecule has 0 heterocycles. The molecule has 34 heavy (non-hydrogen) atoms. The molecule has 0 fully saturated rings. The summed E-state index contributed by atoms with van der Waals surface area (Å²) in [6.45, 7) is 3.68. The van der Waals surface area contributed by atoms with E-state index < -0.39 is 72.6 Å². The number of carbonyl (C=O) groups is 6. The second kappa shape index (κ2) is 15.6. The molecule has 0 aromatic rings. The standard InChI is InChI=1S/C20H36N6O8/c1-10(2)16(23)19(32)26-13(9-14(22)27)18(31)24-11(6-7-15(28)29)17(30)25-12(20(33)34)5-3-4-8-21/h10-13,16H,3-9,21,23H2,1-2H3,(H2,22,27)(H,24,31)(H,25,30)(H,26,32)(H,28,29)(H,33,34). The highest BCUT2D eigenvalue weighted by molar-refractivity contribution is 5.96. The van der Waals surface area contributed by atoms with Crippen LogP contribution in [0.4, 0.5) is 0 Å². The molecule has 0 aromatic carbocycles. The Labute approximate surface area is 197 Å². The van der Waals surface area contributed by atoms with Crippen molar-refractivity contribution in [2.24, 2.45) is 23.1 Å². The van der Waals surface area contributed by atoms with Gasteiger partial charge in [0, 0.05) is 6.42 Å². The van der Waals surface area contributed by atoms with Crippen molar-refractivity contribution in [3.8, 4) is 0 Å². The van der Waals surface area contributed by atoms with E-state index in [0.717, 1.165) is 0 Å². The third-order valence-corrected chi connectivity index (χ3v) is 4.90. The van der Waals surface area contributed by atoms with Crippen molar-refractivity contribution < 1.29 is 39.0 Å². The normalized spacial score (nSPS) is 14.4. The molecule has 0 spiro atoms. The van der Waals surface area contributed by atoms with Gasteiger partial charge in [-0.3, -0.25) is 24.0 Å². The number of hydrogen-bond donors (Lipinski definition) is 8. The Morgan fingerprint density at radius 2 is 1.32 bits per heavy atom. The second-order valence-electron chi connectivity index (χ2n) is 8.18. The number of carbonyl (C=O) groups excluding carboxylic acids is 4. The van der Waals surface area contributed by atoms with Crippen molar-refractivity contribution >= 4 is 35.6 Å². The van der Waals surface area contributed by atoms with E-state index in [1.54, 1.807) is 13.8 Å². The van der Waals surface area contributed by atoms with Gasteiger partial charge in [0.05, 0.1) is 12.5 Å². The van der Waals surface area contributed by atoms with Gasteiger partial charge < -0.3 is 43.4 Å². The Bertz CT molecular complexity index is 745. The number of rotatable bonds is 17. The Kier molecular flexibility index (Phi) is 14.1. The average Bonchev–Trinajstić information content (AvgIpc) is 2.73. The van der Waals surface area contributed by atoms with E-state index in [1.165, 1.54) is 0 Å². The van der Waals surface area contributed by atoms with Crippen LogP contribution >= 0.6 is 0 Å². The van der Waals surface area contributed by atoms with E-state index in [1.807, 2.05) is 0 Å². The molecule has 11 N–H and O–H groups in total. The van der Waals surface area contributed by atoms with Crippen molar-refractivity contribution in [2.45, 2.75) is 76.5 Å². The number of unbranched alkanes of at least 4 members (excludes halogenated alkanes) is 1. The lowest BCUT2D eigenvalue weighted by Crippen LogP contribution is -2.58. The quantitative estimate of drug-likeness (QED) is 0.0988. The summed E-state index contributed by atoms with van der Waals surface area (Å²) < 4.78 is 0. The Hall–Kier alpha value is -3.26. The zero-order chi connectivity index (χ0) is 26.4. The topological polar surface area (TPSA) is 257 Å². The van der Waals surface area contributed by atoms with Crippen LogP contribution in [0.1, 0.15) is 52.4 Å². The SMILES string of the molecule is CC(C)C(N)C(=O)NC(CC(N)=O)C(=O)NC(CCC(=O)O)C(=O)NC(CCCCN)C(=O)O.